The zero-order chi connectivity index (χ0) is 18.1. The van der Waals surface area contributed by atoms with Crippen LogP contribution in [0.2, 0.25) is 0 Å². The zero-order valence-corrected chi connectivity index (χ0v) is 14.1. The van der Waals surface area contributed by atoms with Crippen LogP contribution >= 0.6 is 0 Å². The van der Waals surface area contributed by atoms with Gasteiger partial charge in [-0.05, 0) is 50.7 Å². The number of carboxylic acid groups (broad SMARTS) is 1. The van der Waals surface area contributed by atoms with E-state index in [9.17, 15) is 15.0 Å². The van der Waals surface area contributed by atoms with Crippen molar-refractivity contribution in [2.75, 3.05) is 0 Å². The van der Waals surface area contributed by atoms with E-state index in [0.29, 0.717) is 12.0 Å². The Morgan fingerprint density at radius 3 is 1.92 bits per heavy atom. The molecule has 0 unspecified atom stereocenters. The molecule has 26 heavy (non-hydrogen) atoms. The Kier molecular flexibility index (Phi) is 4.15. The fourth-order valence-electron chi connectivity index (χ4n) is 3.64. The van der Waals surface area contributed by atoms with Crippen LogP contribution in [0.25, 0.3) is 21.5 Å². The average Bonchev–Trinajstić information content (AvgIpc) is 2.68. The first-order valence-corrected chi connectivity index (χ1v) is 8.53. The maximum absolute atomic E-state index is 11.8. The van der Waals surface area contributed by atoms with E-state index >= 15 is 0 Å². The van der Waals surface area contributed by atoms with E-state index in [1.807, 2.05) is 66.7 Å². The quantitative estimate of drug-likeness (QED) is 0.561. The highest BCUT2D eigenvalue weighted by Crippen LogP contribution is 2.30. The van der Waals surface area contributed by atoms with E-state index in [1.54, 1.807) is 6.07 Å². The van der Waals surface area contributed by atoms with Crippen LogP contribution in [0.4, 0.5) is 0 Å². The molecular weight excluding hydrogens is 324 g/mol. The molecule has 0 fully saturated rings. The molecule has 0 amide bonds. The predicted octanol–water partition coefficient (Wildman–Crippen LogP) is 4.77. The number of carboxylic acids is 1. The van der Waals surface area contributed by atoms with Gasteiger partial charge in [-0.15, -0.1) is 0 Å². The Labute approximate surface area is 151 Å². The van der Waals surface area contributed by atoms with Crippen LogP contribution in [-0.2, 0) is 13.0 Å². The van der Waals surface area contributed by atoms with Crippen molar-refractivity contribution >= 4 is 27.5 Å². The maximum atomic E-state index is 11.8. The third kappa shape index (κ3) is 2.72. The van der Waals surface area contributed by atoms with Crippen LogP contribution in [0, 0.1) is 0 Å². The number of benzene rings is 4. The Hall–Kier alpha value is -3.17. The molecule has 4 aromatic carbocycles. The van der Waals surface area contributed by atoms with Crippen molar-refractivity contribution in [3.05, 3.63) is 95.1 Å². The molecule has 0 aliphatic heterocycles. The summed E-state index contributed by atoms with van der Waals surface area (Å²) in [5.41, 5.74) is 2.89. The number of carbonyl (C=O) groups is 1. The fraction of sp³-hybridized carbons (Fsp3) is 0.0870. The summed E-state index contributed by atoms with van der Waals surface area (Å²) in [6.45, 7) is -0.0761. The van der Waals surface area contributed by atoms with Crippen LogP contribution in [-0.4, -0.2) is 16.2 Å². The minimum atomic E-state index is -0.934. The normalized spacial score (nSPS) is 11.1. The predicted molar refractivity (Wildman–Crippen MR) is 104 cm³/mol. The summed E-state index contributed by atoms with van der Waals surface area (Å²) in [7, 11) is 0. The minimum Gasteiger partial charge on any atom is -0.478 e. The third-order valence-corrected chi connectivity index (χ3v) is 4.93. The highest BCUT2D eigenvalue weighted by molar-refractivity contribution is 5.99. The van der Waals surface area contributed by atoms with Gasteiger partial charge < -0.3 is 10.2 Å². The number of rotatable bonds is 4. The summed E-state index contributed by atoms with van der Waals surface area (Å²) >= 11 is 0. The molecule has 0 saturated carbocycles. The summed E-state index contributed by atoms with van der Waals surface area (Å²) < 4.78 is 0. The second-order valence-corrected chi connectivity index (χ2v) is 6.38. The van der Waals surface area contributed by atoms with Crippen LogP contribution in [0.3, 0.4) is 0 Å². The summed E-state index contributed by atoms with van der Waals surface area (Å²) in [6.07, 6.45) is 0.459. The Balaban J connectivity index is 2.00. The van der Waals surface area contributed by atoms with E-state index in [0.717, 1.165) is 38.2 Å². The standard InChI is InChI=1S/C23H18O3/c24-14-17-10-9-15-5-1-3-7-18(15)21(17)13-22-19-8-4-2-6-16(19)11-12-20(22)23(25)26/h1-12,24H,13-14H2,(H,25,26). The molecule has 0 bridgehead atoms. The highest BCUT2D eigenvalue weighted by atomic mass is 16.4. The smallest absolute Gasteiger partial charge is 0.335 e. The van der Waals surface area contributed by atoms with Gasteiger partial charge in [-0.1, -0.05) is 66.7 Å². The number of aromatic carboxylic acids is 1. The van der Waals surface area contributed by atoms with E-state index in [-0.39, 0.29) is 6.61 Å². The average molecular weight is 342 g/mol. The molecular formula is C23H18O3. The number of aliphatic hydroxyl groups is 1. The Bertz CT molecular complexity index is 1130. The van der Waals surface area contributed by atoms with Crippen LogP contribution in [0.1, 0.15) is 27.0 Å². The van der Waals surface area contributed by atoms with Gasteiger partial charge in [0.05, 0.1) is 12.2 Å². The molecule has 4 rings (SSSR count). The van der Waals surface area contributed by atoms with Gasteiger partial charge in [0.25, 0.3) is 0 Å². The molecule has 3 nitrogen and oxygen atoms in total. The maximum Gasteiger partial charge on any atom is 0.335 e. The van der Waals surface area contributed by atoms with Crippen molar-refractivity contribution in [3.8, 4) is 0 Å². The van der Waals surface area contributed by atoms with Crippen LogP contribution in [0.5, 0.6) is 0 Å². The van der Waals surface area contributed by atoms with Gasteiger partial charge in [-0.2, -0.15) is 0 Å². The molecule has 0 radical (unpaired) electrons. The highest BCUT2D eigenvalue weighted by Gasteiger charge is 2.16. The van der Waals surface area contributed by atoms with Gasteiger partial charge in [0.1, 0.15) is 0 Å². The zero-order valence-electron chi connectivity index (χ0n) is 14.1. The molecule has 0 aliphatic rings. The second kappa shape index (κ2) is 6.62. The Morgan fingerprint density at radius 2 is 1.31 bits per heavy atom. The fourth-order valence-corrected chi connectivity index (χ4v) is 3.64. The molecule has 128 valence electrons. The van der Waals surface area contributed by atoms with Crippen molar-refractivity contribution in [1.82, 2.24) is 0 Å². The summed E-state index contributed by atoms with van der Waals surface area (Å²) in [5, 5.41) is 23.6. The monoisotopic (exact) mass is 342 g/mol. The van der Waals surface area contributed by atoms with Gasteiger partial charge in [0, 0.05) is 0 Å². The van der Waals surface area contributed by atoms with Gasteiger partial charge >= 0.3 is 5.97 Å². The van der Waals surface area contributed by atoms with Gasteiger partial charge in [0.15, 0.2) is 0 Å². The van der Waals surface area contributed by atoms with Gasteiger partial charge in [-0.3, -0.25) is 0 Å². The molecule has 0 aliphatic carbocycles. The van der Waals surface area contributed by atoms with E-state index < -0.39 is 5.97 Å². The number of hydrogen-bond acceptors (Lipinski definition) is 2. The van der Waals surface area contributed by atoms with Crippen molar-refractivity contribution in [2.24, 2.45) is 0 Å². The molecule has 0 saturated heterocycles. The van der Waals surface area contributed by atoms with Crippen molar-refractivity contribution in [1.29, 1.82) is 0 Å². The molecule has 0 spiro atoms. The van der Waals surface area contributed by atoms with Gasteiger partial charge in [0.2, 0.25) is 0 Å². The largest absolute Gasteiger partial charge is 0.478 e. The molecule has 4 aromatic rings. The number of hydrogen-bond donors (Lipinski definition) is 2. The number of aliphatic hydroxyl groups excluding tert-OH is 1. The lowest BCUT2D eigenvalue weighted by molar-refractivity contribution is 0.0696. The lowest BCUT2D eigenvalue weighted by Crippen LogP contribution is -2.06. The van der Waals surface area contributed by atoms with Crippen LogP contribution in [0.15, 0.2) is 72.8 Å². The lowest BCUT2D eigenvalue weighted by Gasteiger charge is -2.15. The number of fused-ring (bicyclic) bond motifs is 2. The van der Waals surface area contributed by atoms with Crippen molar-refractivity contribution in [3.63, 3.8) is 0 Å². The van der Waals surface area contributed by atoms with Gasteiger partial charge in [-0.25, -0.2) is 4.79 Å². The molecule has 0 atom stereocenters. The molecule has 3 heteroatoms. The van der Waals surface area contributed by atoms with Crippen LogP contribution < -0.4 is 0 Å². The first-order valence-electron chi connectivity index (χ1n) is 8.53. The molecule has 0 heterocycles. The van der Waals surface area contributed by atoms with E-state index in [1.165, 1.54) is 0 Å². The van der Waals surface area contributed by atoms with E-state index in [2.05, 4.69) is 0 Å². The lowest BCUT2D eigenvalue weighted by atomic mass is 9.89. The van der Waals surface area contributed by atoms with Crippen molar-refractivity contribution in [2.45, 2.75) is 13.0 Å². The first kappa shape index (κ1) is 16.3. The second-order valence-electron chi connectivity index (χ2n) is 6.38. The first-order chi connectivity index (χ1) is 12.7. The topological polar surface area (TPSA) is 57.5 Å². The summed E-state index contributed by atoms with van der Waals surface area (Å²) in [5.74, 6) is -0.934. The molecule has 0 aromatic heterocycles. The Morgan fingerprint density at radius 1 is 0.731 bits per heavy atom. The van der Waals surface area contributed by atoms with E-state index in [4.69, 9.17) is 0 Å². The summed E-state index contributed by atoms with van der Waals surface area (Å²) in [4.78, 5) is 11.8. The van der Waals surface area contributed by atoms with Crippen molar-refractivity contribution < 1.29 is 15.0 Å². The SMILES string of the molecule is O=C(O)c1ccc2ccccc2c1Cc1c(CO)ccc2ccccc12. The molecule has 2 N–H and O–H groups in total. The summed E-state index contributed by atoms with van der Waals surface area (Å²) in [6, 6.07) is 23.2. The minimum absolute atomic E-state index is 0.0761. The third-order valence-electron chi connectivity index (χ3n) is 4.93.